The van der Waals surface area contributed by atoms with Crippen molar-refractivity contribution in [1.29, 1.82) is 0 Å². The topological polar surface area (TPSA) is 64.4 Å². The van der Waals surface area contributed by atoms with Gasteiger partial charge in [0.15, 0.2) is 0 Å². The molecular formula is C5H9N2O2. The Bertz CT molecular complexity index is 110. The van der Waals surface area contributed by atoms with Crippen LogP contribution in [0.4, 0.5) is 4.79 Å². The number of hydrogen-bond acceptors (Lipinski definition) is 3. The van der Waals surface area contributed by atoms with Gasteiger partial charge in [0.25, 0.3) is 0 Å². The molecule has 0 aliphatic carbocycles. The molecule has 0 bridgehead atoms. The monoisotopic (exact) mass is 129 g/mol. The number of rotatable bonds is 1. The Hall–Kier alpha value is -0.770. The molecule has 1 unspecified atom stereocenters. The number of primary amides is 1. The van der Waals surface area contributed by atoms with E-state index in [9.17, 15) is 4.79 Å². The quantitative estimate of drug-likeness (QED) is 0.506. The predicted octanol–water partition coefficient (Wildman–Crippen LogP) is -0.395. The van der Waals surface area contributed by atoms with Crippen molar-refractivity contribution in [2.75, 3.05) is 6.54 Å². The van der Waals surface area contributed by atoms with E-state index in [-0.39, 0.29) is 6.10 Å². The van der Waals surface area contributed by atoms with Crippen molar-refractivity contribution in [1.82, 2.24) is 5.32 Å². The largest absolute Gasteiger partial charge is 0.445 e. The molecule has 1 aliphatic rings. The molecule has 1 atom stereocenters. The van der Waals surface area contributed by atoms with Crippen LogP contribution < -0.4 is 11.1 Å². The van der Waals surface area contributed by atoms with Crippen LogP contribution in [0, 0.1) is 6.54 Å². The molecule has 0 aromatic heterocycles. The highest BCUT2D eigenvalue weighted by atomic mass is 16.6. The summed E-state index contributed by atoms with van der Waals surface area (Å²) in [5.41, 5.74) is 4.77. The van der Waals surface area contributed by atoms with Gasteiger partial charge >= 0.3 is 6.09 Å². The molecule has 1 aliphatic heterocycles. The van der Waals surface area contributed by atoms with Crippen molar-refractivity contribution < 1.29 is 9.53 Å². The van der Waals surface area contributed by atoms with Crippen LogP contribution in [0.5, 0.6) is 0 Å². The number of nitrogens with one attached hydrogen (secondary N) is 1. The van der Waals surface area contributed by atoms with Gasteiger partial charge in [-0.3, -0.25) is 0 Å². The average molecular weight is 129 g/mol. The molecule has 1 fully saturated rings. The van der Waals surface area contributed by atoms with Crippen molar-refractivity contribution in [3.05, 3.63) is 6.54 Å². The van der Waals surface area contributed by atoms with Gasteiger partial charge in [0.2, 0.25) is 0 Å². The van der Waals surface area contributed by atoms with Gasteiger partial charge in [0.1, 0.15) is 6.10 Å². The van der Waals surface area contributed by atoms with Crippen LogP contribution in [-0.2, 0) is 4.74 Å². The van der Waals surface area contributed by atoms with E-state index in [1.165, 1.54) is 0 Å². The van der Waals surface area contributed by atoms with E-state index in [0.29, 0.717) is 6.54 Å². The first-order valence-electron chi connectivity index (χ1n) is 2.80. The standard InChI is InChI=1S/C5H9N2O2/c6-5(8)9-4-1-2-7-3-4/h2,4,7H,1,3H2,(H2,6,8). The summed E-state index contributed by atoms with van der Waals surface area (Å²) in [4.78, 5) is 10.1. The molecule has 4 nitrogen and oxygen atoms in total. The average Bonchev–Trinajstić information content (AvgIpc) is 2.15. The fourth-order valence-electron chi connectivity index (χ4n) is 0.767. The molecule has 9 heavy (non-hydrogen) atoms. The zero-order valence-electron chi connectivity index (χ0n) is 4.96. The molecule has 1 rings (SSSR count). The lowest BCUT2D eigenvalue weighted by molar-refractivity contribution is 0.117. The summed E-state index contributed by atoms with van der Waals surface area (Å²) >= 11 is 0. The minimum Gasteiger partial charge on any atom is -0.445 e. The van der Waals surface area contributed by atoms with Crippen LogP contribution in [-0.4, -0.2) is 18.7 Å². The molecule has 1 saturated heterocycles. The molecule has 0 saturated carbocycles. The minimum atomic E-state index is -0.697. The van der Waals surface area contributed by atoms with Crippen molar-refractivity contribution >= 4 is 6.09 Å². The number of carbonyl (C=O) groups excluding carboxylic acids is 1. The van der Waals surface area contributed by atoms with Crippen LogP contribution in [0.1, 0.15) is 6.42 Å². The number of ether oxygens (including phenoxy) is 1. The fraction of sp³-hybridized carbons (Fsp3) is 0.600. The van der Waals surface area contributed by atoms with Crippen molar-refractivity contribution in [2.45, 2.75) is 12.5 Å². The summed E-state index contributed by atoms with van der Waals surface area (Å²) in [5.74, 6) is 0. The Labute approximate surface area is 53.4 Å². The first-order chi connectivity index (χ1) is 4.29. The van der Waals surface area contributed by atoms with Gasteiger partial charge in [-0.05, 0) is 0 Å². The molecule has 3 N–H and O–H groups in total. The van der Waals surface area contributed by atoms with E-state index in [1.54, 1.807) is 0 Å². The smallest absolute Gasteiger partial charge is 0.404 e. The van der Waals surface area contributed by atoms with Crippen molar-refractivity contribution in [3.8, 4) is 0 Å². The molecule has 0 aromatic rings. The van der Waals surface area contributed by atoms with Crippen LogP contribution in [0.2, 0.25) is 0 Å². The Morgan fingerprint density at radius 2 is 2.67 bits per heavy atom. The van der Waals surface area contributed by atoms with Crippen molar-refractivity contribution in [2.24, 2.45) is 5.73 Å². The third kappa shape index (κ3) is 1.89. The zero-order valence-corrected chi connectivity index (χ0v) is 4.96. The van der Waals surface area contributed by atoms with Gasteiger partial charge in [-0.15, -0.1) is 0 Å². The van der Waals surface area contributed by atoms with Crippen LogP contribution >= 0.6 is 0 Å². The highest BCUT2D eigenvalue weighted by Crippen LogP contribution is 2.04. The third-order valence-corrected chi connectivity index (χ3v) is 1.15. The predicted molar refractivity (Wildman–Crippen MR) is 31.4 cm³/mol. The summed E-state index contributed by atoms with van der Waals surface area (Å²) in [6, 6.07) is 0. The second-order valence-electron chi connectivity index (χ2n) is 1.91. The Balaban J connectivity index is 2.19. The van der Waals surface area contributed by atoms with E-state index in [1.807, 2.05) is 6.54 Å². The van der Waals surface area contributed by atoms with E-state index in [2.05, 4.69) is 10.1 Å². The van der Waals surface area contributed by atoms with E-state index >= 15 is 0 Å². The number of carbonyl (C=O) groups is 1. The maximum Gasteiger partial charge on any atom is 0.404 e. The first kappa shape index (κ1) is 6.35. The zero-order chi connectivity index (χ0) is 6.69. The maximum absolute atomic E-state index is 10.1. The van der Waals surface area contributed by atoms with Crippen LogP contribution in [0.25, 0.3) is 0 Å². The second kappa shape index (κ2) is 2.68. The summed E-state index contributed by atoms with van der Waals surface area (Å²) in [6.07, 6.45) is 0.00255. The molecule has 1 amide bonds. The molecule has 0 spiro atoms. The molecule has 1 heterocycles. The van der Waals surface area contributed by atoms with E-state index in [4.69, 9.17) is 5.73 Å². The van der Waals surface area contributed by atoms with Gasteiger partial charge in [-0.25, -0.2) is 4.79 Å². The maximum atomic E-state index is 10.1. The summed E-state index contributed by atoms with van der Waals surface area (Å²) in [7, 11) is 0. The highest BCUT2D eigenvalue weighted by Gasteiger charge is 2.16. The summed E-state index contributed by atoms with van der Waals surface area (Å²) < 4.78 is 4.66. The van der Waals surface area contributed by atoms with Gasteiger partial charge < -0.3 is 15.8 Å². The van der Waals surface area contributed by atoms with Gasteiger partial charge in [0, 0.05) is 19.5 Å². The lowest BCUT2D eigenvalue weighted by Crippen LogP contribution is -2.24. The first-order valence-corrected chi connectivity index (χ1v) is 2.80. The molecule has 51 valence electrons. The molecule has 1 radical (unpaired) electrons. The minimum absolute atomic E-state index is 0.0532. The highest BCUT2D eigenvalue weighted by molar-refractivity contribution is 5.64. The summed E-state index contributed by atoms with van der Waals surface area (Å²) in [5, 5.41) is 2.92. The van der Waals surface area contributed by atoms with Gasteiger partial charge in [-0.2, -0.15) is 0 Å². The van der Waals surface area contributed by atoms with Crippen LogP contribution in [0.15, 0.2) is 0 Å². The van der Waals surface area contributed by atoms with Crippen LogP contribution in [0.3, 0.4) is 0 Å². The Morgan fingerprint density at radius 1 is 1.89 bits per heavy atom. The lowest BCUT2D eigenvalue weighted by Gasteiger charge is -2.05. The van der Waals surface area contributed by atoms with E-state index in [0.717, 1.165) is 6.42 Å². The molecule has 0 aromatic carbocycles. The number of hydrogen-bond donors (Lipinski definition) is 2. The normalized spacial score (nSPS) is 26.0. The van der Waals surface area contributed by atoms with Gasteiger partial charge in [0.05, 0.1) is 0 Å². The van der Waals surface area contributed by atoms with Gasteiger partial charge in [-0.1, -0.05) is 0 Å². The van der Waals surface area contributed by atoms with Crippen molar-refractivity contribution in [3.63, 3.8) is 0 Å². The summed E-state index contributed by atoms with van der Waals surface area (Å²) in [6.45, 7) is 2.54. The Kier molecular flexibility index (Phi) is 1.89. The molecule has 4 heteroatoms. The number of nitrogens with two attached hydrogens (primary N) is 1. The fourth-order valence-corrected chi connectivity index (χ4v) is 0.767. The number of amides is 1. The second-order valence-corrected chi connectivity index (χ2v) is 1.91. The third-order valence-electron chi connectivity index (χ3n) is 1.15. The van der Waals surface area contributed by atoms with E-state index < -0.39 is 6.09 Å². The Morgan fingerprint density at radius 3 is 3.11 bits per heavy atom. The SMILES string of the molecule is NC(=O)OC1C[CH]NC1. The lowest BCUT2D eigenvalue weighted by atomic mass is 10.3. The molecular weight excluding hydrogens is 120 g/mol.